The van der Waals surface area contributed by atoms with Gasteiger partial charge >= 0.3 is 0 Å². The van der Waals surface area contributed by atoms with Crippen LogP contribution in [0.15, 0.2) is 24.3 Å². The summed E-state index contributed by atoms with van der Waals surface area (Å²) in [6.45, 7) is 9.25. The highest BCUT2D eigenvalue weighted by Crippen LogP contribution is 2.21. The Labute approximate surface area is 122 Å². The molecule has 2 nitrogen and oxygen atoms in total. The monoisotopic (exact) mass is 283 g/mol. The van der Waals surface area contributed by atoms with Gasteiger partial charge in [-0.1, -0.05) is 44.5 Å². The van der Waals surface area contributed by atoms with Gasteiger partial charge in [-0.25, -0.2) is 0 Å². The lowest BCUT2D eigenvalue weighted by molar-refractivity contribution is 0.0459. The molecule has 0 saturated carbocycles. The minimum atomic E-state index is 0.0870. The molecule has 0 spiro atoms. The Morgan fingerprint density at radius 1 is 1.32 bits per heavy atom. The van der Waals surface area contributed by atoms with Crippen molar-refractivity contribution in [3.8, 4) is 0 Å². The Hall–Kier alpha value is -0.570. The SMILES string of the molecule is CCCNCC(OCCC(C)C)c1cccc(Cl)c1. The lowest BCUT2D eigenvalue weighted by Gasteiger charge is -2.20. The molecule has 0 fully saturated rings. The second-order valence-electron chi connectivity index (χ2n) is 5.30. The van der Waals surface area contributed by atoms with Gasteiger partial charge in [0.1, 0.15) is 0 Å². The molecule has 0 heterocycles. The average Bonchev–Trinajstić information content (AvgIpc) is 2.37. The van der Waals surface area contributed by atoms with Gasteiger partial charge in [0.2, 0.25) is 0 Å². The largest absolute Gasteiger partial charge is 0.372 e. The van der Waals surface area contributed by atoms with Gasteiger partial charge in [-0.3, -0.25) is 0 Å². The van der Waals surface area contributed by atoms with E-state index in [-0.39, 0.29) is 6.10 Å². The zero-order valence-corrected chi connectivity index (χ0v) is 13.0. The maximum atomic E-state index is 6.06. The molecule has 1 rings (SSSR count). The minimum Gasteiger partial charge on any atom is -0.372 e. The van der Waals surface area contributed by atoms with Gasteiger partial charge in [-0.15, -0.1) is 0 Å². The van der Waals surface area contributed by atoms with Gasteiger partial charge in [-0.2, -0.15) is 0 Å². The van der Waals surface area contributed by atoms with Crippen molar-refractivity contribution in [1.82, 2.24) is 5.32 Å². The van der Waals surface area contributed by atoms with Crippen LogP contribution in [-0.4, -0.2) is 19.7 Å². The maximum Gasteiger partial charge on any atom is 0.0949 e. The fraction of sp³-hybridized carbons (Fsp3) is 0.625. The molecule has 3 heteroatoms. The Morgan fingerprint density at radius 3 is 2.74 bits per heavy atom. The van der Waals surface area contributed by atoms with E-state index in [1.807, 2.05) is 18.2 Å². The van der Waals surface area contributed by atoms with Crippen LogP contribution in [-0.2, 0) is 4.74 Å². The molecule has 19 heavy (non-hydrogen) atoms. The summed E-state index contributed by atoms with van der Waals surface area (Å²) < 4.78 is 6.02. The summed E-state index contributed by atoms with van der Waals surface area (Å²) in [5.41, 5.74) is 1.15. The predicted molar refractivity (Wildman–Crippen MR) is 82.8 cm³/mol. The first-order chi connectivity index (χ1) is 9.13. The molecule has 0 bridgehead atoms. The third-order valence-corrected chi connectivity index (χ3v) is 3.23. The van der Waals surface area contributed by atoms with E-state index in [4.69, 9.17) is 16.3 Å². The summed E-state index contributed by atoms with van der Waals surface area (Å²) in [6.07, 6.45) is 2.31. The first kappa shape index (κ1) is 16.5. The summed E-state index contributed by atoms with van der Waals surface area (Å²) in [5.74, 6) is 0.670. The van der Waals surface area contributed by atoms with Crippen LogP contribution < -0.4 is 5.32 Å². The first-order valence-corrected chi connectivity index (χ1v) is 7.59. The van der Waals surface area contributed by atoms with Crippen LogP contribution in [0.4, 0.5) is 0 Å². The van der Waals surface area contributed by atoms with Crippen molar-refractivity contribution in [2.24, 2.45) is 5.92 Å². The zero-order valence-electron chi connectivity index (χ0n) is 12.3. The molecule has 0 aliphatic rings. The van der Waals surface area contributed by atoms with Gasteiger partial charge in [0, 0.05) is 18.2 Å². The Balaban J connectivity index is 2.57. The van der Waals surface area contributed by atoms with E-state index in [1.165, 1.54) is 0 Å². The van der Waals surface area contributed by atoms with E-state index in [0.717, 1.165) is 43.1 Å². The number of benzene rings is 1. The Morgan fingerprint density at radius 2 is 2.11 bits per heavy atom. The van der Waals surface area contributed by atoms with Gasteiger partial charge in [0.25, 0.3) is 0 Å². The molecule has 1 aromatic rings. The number of nitrogens with one attached hydrogen (secondary N) is 1. The number of ether oxygens (including phenoxy) is 1. The minimum absolute atomic E-state index is 0.0870. The van der Waals surface area contributed by atoms with Crippen LogP contribution in [0, 0.1) is 5.92 Å². The highest BCUT2D eigenvalue weighted by molar-refractivity contribution is 6.30. The highest BCUT2D eigenvalue weighted by Gasteiger charge is 2.12. The van der Waals surface area contributed by atoms with Crippen molar-refractivity contribution in [1.29, 1.82) is 0 Å². The van der Waals surface area contributed by atoms with Gasteiger partial charge in [0.05, 0.1) is 6.10 Å². The van der Waals surface area contributed by atoms with E-state index in [2.05, 4.69) is 32.2 Å². The molecule has 0 aliphatic heterocycles. The van der Waals surface area contributed by atoms with E-state index < -0.39 is 0 Å². The van der Waals surface area contributed by atoms with E-state index >= 15 is 0 Å². The molecule has 0 aromatic heterocycles. The molecule has 1 unspecified atom stereocenters. The third kappa shape index (κ3) is 6.95. The van der Waals surface area contributed by atoms with Gasteiger partial charge < -0.3 is 10.1 Å². The molecule has 1 atom stereocenters. The molecule has 1 N–H and O–H groups in total. The second-order valence-corrected chi connectivity index (χ2v) is 5.74. The van der Waals surface area contributed by atoms with Crippen LogP contribution in [0.1, 0.15) is 45.3 Å². The molecule has 0 amide bonds. The van der Waals surface area contributed by atoms with Crippen LogP contribution >= 0.6 is 11.6 Å². The Bertz CT molecular complexity index is 354. The predicted octanol–water partition coefficient (Wildman–Crippen LogP) is 4.44. The van der Waals surface area contributed by atoms with Crippen LogP contribution in [0.5, 0.6) is 0 Å². The number of rotatable bonds is 9. The number of hydrogen-bond donors (Lipinski definition) is 1. The third-order valence-electron chi connectivity index (χ3n) is 2.99. The summed E-state index contributed by atoms with van der Waals surface area (Å²) in [7, 11) is 0. The van der Waals surface area contributed by atoms with Crippen molar-refractivity contribution in [2.75, 3.05) is 19.7 Å². The van der Waals surface area contributed by atoms with Crippen molar-refractivity contribution in [3.63, 3.8) is 0 Å². The normalized spacial score (nSPS) is 12.9. The molecule has 1 aromatic carbocycles. The fourth-order valence-corrected chi connectivity index (χ4v) is 2.03. The summed E-state index contributed by atoms with van der Waals surface area (Å²) in [5, 5.41) is 4.19. The van der Waals surface area contributed by atoms with Gasteiger partial charge in [0.15, 0.2) is 0 Å². The molecule has 108 valence electrons. The van der Waals surface area contributed by atoms with Crippen molar-refractivity contribution in [3.05, 3.63) is 34.9 Å². The van der Waals surface area contributed by atoms with Gasteiger partial charge in [-0.05, 0) is 43.0 Å². The molecule has 0 saturated heterocycles. The topological polar surface area (TPSA) is 21.3 Å². The van der Waals surface area contributed by atoms with Crippen molar-refractivity contribution in [2.45, 2.75) is 39.7 Å². The quantitative estimate of drug-likeness (QED) is 0.676. The molecule has 0 radical (unpaired) electrons. The van der Waals surface area contributed by atoms with Crippen LogP contribution in [0.25, 0.3) is 0 Å². The smallest absolute Gasteiger partial charge is 0.0949 e. The van der Waals surface area contributed by atoms with Crippen LogP contribution in [0.2, 0.25) is 5.02 Å². The van der Waals surface area contributed by atoms with Crippen LogP contribution in [0.3, 0.4) is 0 Å². The fourth-order valence-electron chi connectivity index (χ4n) is 1.84. The molecular weight excluding hydrogens is 258 g/mol. The van der Waals surface area contributed by atoms with E-state index in [1.54, 1.807) is 0 Å². The highest BCUT2D eigenvalue weighted by atomic mass is 35.5. The summed E-state index contributed by atoms with van der Waals surface area (Å²) >= 11 is 6.06. The lowest BCUT2D eigenvalue weighted by Crippen LogP contribution is -2.24. The average molecular weight is 284 g/mol. The number of hydrogen-bond acceptors (Lipinski definition) is 2. The maximum absolute atomic E-state index is 6.06. The van der Waals surface area contributed by atoms with E-state index in [0.29, 0.717) is 5.92 Å². The standard InChI is InChI=1S/C16H26ClNO/c1-4-9-18-12-16(19-10-8-13(2)3)14-6-5-7-15(17)11-14/h5-7,11,13,16,18H,4,8-10,12H2,1-3H3. The lowest BCUT2D eigenvalue weighted by atomic mass is 10.1. The first-order valence-electron chi connectivity index (χ1n) is 7.21. The number of halogens is 1. The van der Waals surface area contributed by atoms with Crippen molar-refractivity contribution >= 4 is 11.6 Å². The molecule has 0 aliphatic carbocycles. The summed E-state index contributed by atoms with van der Waals surface area (Å²) in [4.78, 5) is 0. The molecular formula is C16H26ClNO. The Kier molecular flexibility index (Phi) is 8.11. The zero-order chi connectivity index (χ0) is 14.1. The van der Waals surface area contributed by atoms with E-state index in [9.17, 15) is 0 Å². The van der Waals surface area contributed by atoms with Crippen molar-refractivity contribution < 1.29 is 4.74 Å². The second kappa shape index (κ2) is 9.35. The summed E-state index contributed by atoms with van der Waals surface area (Å²) in [6, 6.07) is 7.96.